The summed E-state index contributed by atoms with van der Waals surface area (Å²) in [7, 11) is 0. The Bertz CT molecular complexity index is 833. The van der Waals surface area contributed by atoms with E-state index in [1.165, 1.54) is 24.1 Å². The average Bonchev–Trinajstić information content (AvgIpc) is 2.73. The number of halogens is 1. The van der Waals surface area contributed by atoms with Crippen LogP contribution >= 0.6 is 11.6 Å². The van der Waals surface area contributed by atoms with Crippen molar-refractivity contribution in [1.82, 2.24) is 15.3 Å². The molecule has 1 amide bonds. The van der Waals surface area contributed by atoms with Gasteiger partial charge in [0.2, 0.25) is 5.91 Å². The molecule has 1 fully saturated rings. The number of piperidine rings is 1. The molecule has 1 aliphatic carbocycles. The zero-order valence-electron chi connectivity index (χ0n) is 16.2. The highest BCUT2D eigenvalue weighted by Crippen LogP contribution is 2.28. The molecule has 0 bridgehead atoms. The number of nitrogens with zero attached hydrogens (tertiary/aromatic N) is 3. The minimum Gasteiger partial charge on any atom is -0.356 e. The van der Waals surface area contributed by atoms with E-state index in [1.807, 2.05) is 24.3 Å². The molecule has 0 radical (unpaired) electrons. The summed E-state index contributed by atoms with van der Waals surface area (Å²) < 4.78 is 0. The van der Waals surface area contributed by atoms with Gasteiger partial charge in [-0.2, -0.15) is 0 Å². The van der Waals surface area contributed by atoms with Gasteiger partial charge >= 0.3 is 0 Å². The summed E-state index contributed by atoms with van der Waals surface area (Å²) in [6.45, 7) is 1.87. The summed E-state index contributed by atoms with van der Waals surface area (Å²) in [5.41, 5.74) is 3.68. The number of amides is 1. The SMILES string of the molecule is O=C(CCc1cccc(Cl)c1)NC1CCN(c2ncnc3c2CCCC3)CC1. The van der Waals surface area contributed by atoms with Crippen molar-refractivity contribution in [3.63, 3.8) is 0 Å². The van der Waals surface area contributed by atoms with Gasteiger partial charge in [0.05, 0.1) is 0 Å². The normalized spacial score (nSPS) is 17.2. The first kappa shape index (κ1) is 19.2. The van der Waals surface area contributed by atoms with E-state index in [-0.39, 0.29) is 11.9 Å². The molecule has 0 unspecified atom stereocenters. The molecular formula is C22H27ClN4O. The zero-order chi connectivity index (χ0) is 19.3. The highest BCUT2D eigenvalue weighted by atomic mass is 35.5. The van der Waals surface area contributed by atoms with Crippen LogP contribution < -0.4 is 10.2 Å². The number of rotatable bonds is 5. The minimum absolute atomic E-state index is 0.123. The second kappa shape index (κ2) is 8.91. The fourth-order valence-corrected chi connectivity index (χ4v) is 4.48. The van der Waals surface area contributed by atoms with Crippen LogP contribution in [-0.2, 0) is 24.1 Å². The fraction of sp³-hybridized carbons (Fsp3) is 0.500. The van der Waals surface area contributed by atoms with Gasteiger partial charge in [0.25, 0.3) is 0 Å². The van der Waals surface area contributed by atoms with Gasteiger partial charge in [-0.25, -0.2) is 9.97 Å². The van der Waals surface area contributed by atoms with Crippen LogP contribution in [0.1, 0.15) is 48.9 Å². The van der Waals surface area contributed by atoms with Gasteiger partial charge in [-0.05, 0) is 62.6 Å². The molecule has 1 aromatic heterocycles. The number of anilines is 1. The minimum atomic E-state index is 0.123. The average molecular weight is 399 g/mol. The van der Waals surface area contributed by atoms with E-state index >= 15 is 0 Å². The summed E-state index contributed by atoms with van der Waals surface area (Å²) in [6, 6.07) is 7.97. The molecule has 6 heteroatoms. The number of hydrogen-bond acceptors (Lipinski definition) is 4. The maximum atomic E-state index is 12.3. The van der Waals surface area contributed by atoms with Gasteiger partial charge in [0.1, 0.15) is 12.1 Å². The molecule has 0 atom stereocenters. The van der Waals surface area contributed by atoms with Crippen molar-refractivity contribution in [3.05, 3.63) is 52.4 Å². The highest BCUT2D eigenvalue weighted by Gasteiger charge is 2.25. The zero-order valence-corrected chi connectivity index (χ0v) is 16.9. The molecular weight excluding hydrogens is 372 g/mol. The van der Waals surface area contributed by atoms with Crippen LogP contribution in [0.5, 0.6) is 0 Å². The standard InChI is InChI=1S/C22H27ClN4O/c23-17-5-3-4-16(14-17)8-9-21(28)26-18-10-12-27(13-11-18)22-19-6-1-2-7-20(19)24-15-25-22/h3-5,14-15,18H,1-2,6-13H2,(H,26,28). The van der Waals surface area contributed by atoms with E-state index in [4.69, 9.17) is 11.6 Å². The van der Waals surface area contributed by atoms with Gasteiger partial charge in [0.15, 0.2) is 0 Å². The van der Waals surface area contributed by atoms with Gasteiger partial charge in [-0.1, -0.05) is 23.7 Å². The third kappa shape index (κ3) is 4.64. The van der Waals surface area contributed by atoms with Crippen molar-refractivity contribution in [3.8, 4) is 0 Å². The molecule has 1 aliphatic heterocycles. The van der Waals surface area contributed by atoms with Crippen molar-refractivity contribution in [2.24, 2.45) is 0 Å². The van der Waals surface area contributed by atoms with E-state index in [0.29, 0.717) is 6.42 Å². The lowest BCUT2D eigenvalue weighted by atomic mass is 9.95. The Morgan fingerprint density at radius 3 is 2.82 bits per heavy atom. The van der Waals surface area contributed by atoms with Gasteiger partial charge < -0.3 is 10.2 Å². The maximum absolute atomic E-state index is 12.3. The second-order valence-corrected chi connectivity index (χ2v) is 8.22. The number of benzene rings is 1. The first-order valence-electron chi connectivity index (χ1n) is 10.3. The number of aryl methyl sites for hydroxylation is 2. The lowest BCUT2D eigenvalue weighted by Crippen LogP contribution is -2.45. The van der Waals surface area contributed by atoms with Crippen LogP contribution in [-0.4, -0.2) is 35.0 Å². The molecule has 2 aromatic rings. The Balaban J connectivity index is 1.27. The predicted octanol–water partition coefficient (Wildman–Crippen LogP) is 3.73. The summed E-state index contributed by atoms with van der Waals surface area (Å²) in [5.74, 6) is 1.24. The summed E-state index contributed by atoms with van der Waals surface area (Å²) in [5, 5.41) is 3.93. The molecule has 1 N–H and O–H groups in total. The summed E-state index contributed by atoms with van der Waals surface area (Å²) in [4.78, 5) is 23.8. The largest absolute Gasteiger partial charge is 0.356 e. The first-order chi connectivity index (χ1) is 13.7. The van der Waals surface area contributed by atoms with Gasteiger partial charge in [0, 0.05) is 41.8 Å². The molecule has 0 spiro atoms. The van der Waals surface area contributed by atoms with Crippen LogP contribution in [0.15, 0.2) is 30.6 Å². The smallest absolute Gasteiger partial charge is 0.220 e. The highest BCUT2D eigenvalue weighted by molar-refractivity contribution is 6.30. The van der Waals surface area contributed by atoms with E-state index in [2.05, 4.69) is 20.2 Å². The van der Waals surface area contributed by atoms with E-state index < -0.39 is 0 Å². The van der Waals surface area contributed by atoms with Crippen molar-refractivity contribution >= 4 is 23.3 Å². The number of carbonyl (C=O) groups excluding carboxylic acids is 1. The molecule has 1 aromatic carbocycles. The number of nitrogens with one attached hydrogen (secondary N) is 1. The quantitative estimate of drug-likeness (QED) is 0.833. The Morgan fingerprint density at radius 2 is 2.00 bits per heavy atom. The van der Waals surface area contributed by atoms with Crippen LogP contribution in [0.2, 0.25) is 5.02 Å². The molecule has 2 heterocycles. The third-order valence-corrected chi connectivity index (χ3v) is 6.03. The third-order valence-electron chi connectivity index (χ3n) is 5.79. The number of fused-ring (bicyclic) bond motifs is 1. The van der Waals surface area contributed by atoms with Crippen LogP contribution in [0.4, 0.5) is 5.82 Å². The summed E-state index contributed by atoms with van der Waals surface area (Å²) >= 11 is 6.01. The van der Waals surface area contributed by atoms with Crippen molar-refractivity contribution < 1.29 is 4.79 Å². The summed E-state index contributed by atoms with van der Waals surface area (Å²) in [6.07, 6.45) is 9.47. The molecule has 4 rings (SSSR count). The topological polar surface area (TPSA) is 58.1 Å². The van der Waals surface area contributed by atoms with Gasteiger partial charge in [-0.3, -0.25) is 4.79 Å². The van der Waals surface area contributed by atoms with Gasteiger partial charge in [-0.15, -0.1) is 0 Å². The van der Waals surface area contributed by atoms with Crippen LogP contribution in [0.3, 0.4) is 0 Å². The fourth-order valence-electron chi connectivity index (χ4n) is 4.26. The lowest BCUT2D eigenvalue weighted by Gasteiger charge is -2.35. The Hall–Kier alpha value is -2.14. The van der Waals surface area contributed by atoms with Crippen molar-refractivity contribution in [2.45, 2.75) is 57.4 Å². The molecule has 2 aliphatic rings. The van der Waals surface area contributed by atoms with Crippen LogP contribution in [0, 0.1) is 0 Å². The van der Waals surface area contributed by atoms with E-state index in [1.54, 1.807) is 6.33 Å². The van der Waals surface area contributed by atoms with Crippen LogP contribution in [0.25, 0.3) is 0 Å². The molecule has 0 saturated carbocycles. The molecule has 28 heavy (non-hydrogen) atoms. The Kier molecular flexibility index (Phi) is 6.10. The number of hydrogen-bond donors (Lipinski definition) is 1. The Morgan fingerprint density at radius 1 is 1.18 bits per heavy atom. The molecule has 1 saturated heterocycles. The monoisotopic (exact) mass is 398 g/mol. The lowest BCUT2D eigenvalue weighted by molar-refractivity contribution is -0.121. The Labute approximate surface area is 171 Å². The maximum Gasteiger partial charge on any atom is 0.220 e. The van der Waals surface area contributed by atoms with Crippen molar-refractivity contribution in [2.75, 3.05) is 18.0 Å². The molecule has 148 valence electrons. The predicted molar refractivity (Wildman–Crippen MR) is 112 cm³/mol. The molecule has 5 nitrogen and oxygen atoms in total. The second-order valence-electron chi connectivity index (χ2n) is 7.79. The van der Waals surface area contributed by atoms with E-state index in [9.17, 15) is 4.79 Å². The number of aromatic nitrogens is 2. The van der Waals surface area contributed by atoms with Crippen molar-refractivity contribution in [1.29, 1.82) is 0 Å². The number of carbonyl (C=O) groups is 1. The van der Waals surface area contributed by atoms with E-state index in [0.717, 1.165) is 61.6 Å². The first-order valence-corrected chi connectivity index (χ1v) is 10.7.